The number of alkyl carbamates (subject to hydrolysis) is 1. The maximum Gasteiger partial charge on any atom is 0.407 e. The van der Waals surface area contributed by atoms with Gasteiger partial charge in [0.05, 0.1) is 4.92 Å². The van der Waals surface area contributed by atoms with Crippen LogP contribution in [0.3, 0.4) is 0 Å². The molecule has 2 N–H and O–H groups in total. The molecular weight excluding hydrogens is 388 g/mol. The average Bonchev–Trinajstić information content (AvgIpc) is 2.67. The number of para-hydroxylation sites is 2. The number of ether oxygens (including phenoxy) is 1. The van der Waals surface area contributed by atoms with Crippen LogP contribution in [0.4, 0.5) is 27.9 Å². The van der Waals surface area contributed by atoms with Gasteiger partial charge in [0.15, 0.2) is 0 Å². The van der Waals surface area contributed by atoms with Crippen LogP contribution in [0.2, 0.25) is 0 Å². The minimum Gasteiger partial charge on any atom is -0.444 e. The lowest BCUT2D eigenvalue weighted by molar-refractivity contribution is -0.383. The molecule has 160 valence electrons. The first kappa shape index (κ1) is 21.3. The number of anilines is 3. The van der Waals surface area contributed by atoms with Gasteiger partial charge in [0.2, 0.25) is 5.95 Å². The van der Waals surface area contributed by atoms with Gasteiger partial charge in [0, 0.05) is 31.4 Å². The Bertz CT molecular complexity index is 914. The zero-order chi connectivity index (χ0) is 21.7. The van der Waals surface area contributed by atoms with E-state index in [-0.39, 0.29) is 17.7 Å². The summed E-state index contributed by atoms with van der Waals surface area (Å²) in [6.45, 7) is 6.85. The van der Waals surface area contributed by atoms with Crippen molar-refractivity contribution in [3.63, 3.8) is 0 Å². The van der Waals surface area contributed by atoms with Gasteiger partial charge in [0.1, 0.15) is 17.1 Å². The summed E-state index contributed by atoms with van der Waals surface area (Å²) in [6.07, 6.45) is 2.90. The largest absolute Gasteiger partial charge is 0.444 e. The molecule has 1 saturated heterocycles. The summed E-state index contributed by atoms with van der Waals surface area (Å²) in [4.78, 5) is 33.6. The first-order chi connectivity index (χ1) is 14.2. The first-order valence-corrected chi connectivity index (χ1v) is 9.79. The molecule has 0 unspecified atom stereocenters. The topological polar surface area (TPSA) is 123 Å². The van der Waals surface area contributed by atoms with Gasteiger partial charge in [-0.05, 0) is 45.7 Å². The van der Waals surface area contributed by atoms with Crippen molar-refractivity contribution in [2.24, 2.45) is 0 Å². The monoisotopic (exact) mass is 414 g/mol. The van der Waals surface area contributed by atoms with E-state index < -0.39 is 16.6 Å². The first-order valence-electron chi connectivity index (χ1n) is 9.79. The second-order valence-electron chi connectivity index (χ2n) is 8.07. The maximum atomic E-state index is 12.1. The van der Waals surface area contributed by atoms with Gasteiger partial charge in [-0.15, -0.1) is 0 Å². The van der Waals surface area contributed by atoms with Crippen molar-refractivity contribution in [1.29, 1.82) is 0 Å². The molecule has 0 radical (unpaired) electrons. The molecule has 1 aliphatic rings. The Morgan fingerprint density at radius 1 is 1.30 bits per heavy atom. The van der Waals surface area contributed by atoms with Crippen molar-refractivity contribution in [2.45, 2.75) is 45.3 Å². The number of carbonyl (C=O) groups is 1. The van der Waals surface area contributed by atoms with Crippen molar-refractivity contribution in [2.75, 3.05) is 23.3 Å². The number of nitro groups is 1. The molecule has 1 aromatic heterocycles. The predicted molar refractivity (Wildman–Crippen MR) is 113 cm³/mol. The third-order valence-corrected chi connectivity index (χ3v) is 4.45. The lowest BCUT2D eigenvalue weighted by atomic mass is 10.1. The van der Waals surface area contributed by atoms with Gasteiger partial charge in [-0.3, -0.25) is 10.1 Å². The fourth-order valence-electron chi connectivity index (χ4n) is 3.22. The molecule has 1 aromatic carbocycles. The van der Waals surface area contributed by atoms with Gasteiger partial charge < -0.3 is 20.3 Å². The van der Waals surface area contributed by atoms with Gasteiger partial charge in [-0.1, -0.05) is 12.1 Å². The highest BCUT2D eigenvalue weighted by atomic mass is 16.6. The van der Waals surface area contributed by atoms with E-state index in [4.69, 9.17) is 4.74 Å². The standard InChI is InChI=1S/C20H26N6O4/c1-20(2,3)30-19(27)22-14-7-6-12-25(13-14)17-10-11-21-18(24-17)23-15-8-4-5-9-16(15)26(28)29/h4-5,8-11,14H,6-7,12-13H2,1-3H3,(H,22,27)(H,21,23,24)/t14-/m0/s1. The summed E-state index contributed by atoms with van der Waals surface area (Å²) >= 11 is 0. The number of hydrogen-bond acceptors (Lipinski definition) is 8. The van der Waals surface area contributed by atoms with Crippen molar-refractivity contribution in [1.82, 2.24) is 15.3 Å². The molecule has 10 nitrogen and oxygen atoms in total. The highest BCUT2D eigenvalue weighted by Gasteiger charge is 2.25. The van der Waals surface area contributed by atoms with Crippen LogP contribution in [0.5, 0.6) is 0 Å². The second kappa shape index (κ2) is 8.93. The molecule has 0 saturated carbocycles. The third-order valence-electron chi connectivity index (χ3n) is 4.45. The molecule has 1 fully saturated rings. The number of nitrogens with zero attached hydrogens (tertiary/aromatic N) is 4. The lowest BCUT2D eigenvalue weighted by Crippen LogP contribution is -2.49. The number of hydrogen-bond donors (Lipinski definition) is 2. The third kappa shape index (κ3) is 5.79. The van der Waals surface area contributed by atoms with E-state index in [1.165, 1.54) is 6.07 Å². The minimum atomic E-state index is -0.550. The number of nitrogens with one attached hydrogen (secondary N) is 2. The Morgan fingerprint density at radius 2 is 2.07 bits per heavy atom. The molecular formula is C20H26N6O4. The molecule has 2 aromatic rings. The highest BCUT2D eigenvalue weighted by molar-refractivity contribution is 5.68. The van der Waals surface area contributed by atoms with Gasteiger partial charge in [0.25, 0.3) is 5.69 Å². The number of nitro benzene ring substituents is 1. The Hall–Kier alpha value is -3.43. The molecule has 1 amide bonds. The van der Waals surface area contributed by atoms with Gasteiger partial charge in [-0.25, -0.2) is 9.78 Å². The molecule has 0 bridgehead atoms. The fourth-order valence-corrected chi connectivity index (χ4v) is 3.22. The van der Waals surface area contributed by atoms with Crippen LogP contribution in [0, 0.1) is 10.1 Å². The van der Waals surface area contributed by atoms with Crippen LogP contribution in [0.25, 0.3) is 0 Å². The average molecular weight is 414 g/mol. The molecule has 10 heteroatoms. The number of rotatable bonds is 5. The Morgan fingerprint density at radius 3 is 2.80 bits per heavy atom. The summed E-state index contributed by atoms with van der Waals surface area (Å²) in [5, 5.41) is 17.0. The fraction of sp³-hybridized carbons (Fsp3) is 0.450. The Balaban J connectivity index is 1.68. The van der Waals surface area contributed by atoms with Gasteiger partial charge >= 0.3 is 6.09 Å². The summed E-state index contributed by atoms with van der Waals surface area (Å²) in [5.74, 6) is 0.950. The summed E-state index contributed by atoms with van der Waals surface area (Å²) in [5.41, 5.74) is -0.278. The number of carbonyl (C=O) groups excluding carboxylic acids is 1. The van der Waals surface area contributed by atoms with Crippen molar-refractivity contribution in [3.8, 4) is 0 Å². The van der Waals surface area contributed by atoms with Crippen LogP contribution in [-0.4, -0.2) is 45.7 Å². The predicted octanol–water partition coefficient (Wildman–Crippen LogP) is 3.62. The Kier molecular flexibility index (Phi) is 6.34. The normalized spacial score (nSPS) is 16.6. The van der Waals surface area contributed by atoms with Crippen LogP contribution < -0.4 is 15.5 Å². The zero-order valence-electron chi connectivity index (χ0n) is 17.3. The quantitative estimate of drug-likeness (QED) is 0.562. The SMILES string of the molecule is CC(C)(C)OC(=O)N[C@H]1CCCN(c2ccnc(Nc3ccccc3[N+](=O)[O-])n2)C1. The van der Waals surface area contributed by atoms with Crippen LogP contribution in [0.15, 0.2) is 36.5 Å². The van der Waals surface area contributed by atoms with Crippen LogP contribution in [-0.2, 0) is 4.74 Å². The summed E-state index contributed by atoms with van der Waals surface area (Å²) in [7, 11) is 0. The van der Waals surface area contributed by atoms with E-state index >= 15 is 0 Å². The summed E-state index contributed by atoms with van der Waals surface area (Å²) in [6, 6.07) is 8.05. The van der Waals surface area contributed by atoms with Crippen LogP contribution >= 0.6 is 0 Å². The molecule has 0 aliphatic carbocycles. The number of amides is 1. The molecule has 2 heterocycles. The minimum absolute atomic E-state index is 0.0499. The highest BCUT2D eigenvalue weighted by Crippen LogP contribution is 2.26. The number of piperidine rings is 1. The van der Waals surface area contributed by atoms with E-state index in [9.17, 15) is 14.9 Å². The van der Waals surface area contributed by atoms with Crippen molar-refractivity contribution in [3.05, 3.63) is 46.6 Å². The van der Waals surface area contributed by atoms with E-state index in [1.807, 2.05) is 20.8 Å². The molecule has 30 heavy (non-hydrogen) atoms. The van der Waals surface area contributed by atoms with E-state index in [0.717, 1.165) is 19.4 Å². The molecule has 1 atom stereocenters. The summed E-state index contributed by atoms with van der Waals surface area (Å²) < 4.78 is 5.34. The van der Waals surface area contributed by atoms with Crippen molar-refractivity contribution >= 4 is 29.2 Å². The molecule has 0 spiro atoms. The van der Waals surface area contributed by atoms with Gasteiger partial charge in [-0.2, -0.15) is 4.98 Å². The van der Waals surface area contributed by atoms with Crippen molar-refractivity contribution < 1.29 is 14.5 Å². The smallest absolute Gasteiger partial charge is 0.407 e. The van der Waals surface area contributed by atoms with E-state index in [2.05, 4.69) is 25.5 Å². The zero-order valence-corrected chi connectivity index (χ0v) is 17.3. The van der Waals surface area contributed by atoms with Crippen LogP contribution in [0.1, 0.15) is 33.6 Å². The molecule has 1 aliphatic heterocycles. The molecule has 3 rings (SSSR count). The van der Waals surface area contributed by atoms with E-state index in [0.29, 0.717) is 18.1 Å². The number of benzene rings is 1. The Labute approximate surface area is 174 Å². The second-order valence-corrected chi connectivity index (χ2v) is 8.07. The van der Waals surface area contributed by atoms with E-state index in [1.54, 1.807) is 30.5 Å². The lowest BCUT2D eigenvalue weighted by Gasteiger charge is -2.34. The maximum absolute atomic E-state index is 12.1. The number of aromatic nitrogens is 2.